The van der Waals surface area contributed by atoms with Gasteiger partial charge >= 0.3 is 0 Å². The van der Waals surface area contributed by atoms with Crippen LogP contribution in [0.15, 0.2) is 30.3 Å². The smallest absolute Gasteiger partial charge is 0.0228 e. The first-order valence-electron chi connectivity index (χ1n) is 7.10. The number of allylic oxidation sites excluding steroid dienone is 2. The molecular weight excluding hydrogens is 204 g/mol. The molecule has 0 N–H and O–H groups in total. The Balaban J connectivity index is 2.73. The van der Waals surface area contributed by atoms with Crippen molar-refractivity contribution in [1.82, 2.24) is 0 Å². The van der Waals surface area contributed by atoms with Crippen molar-refractivity contribution in [1.29, 1.82) is 0 Å². The summed E-state index contributed by atoms with van der Waals surface area (Å²) in [5.74, 6) is 0. The van der Waals surface area contributed by atoms with Crippen LogP contribution < -0.4 is 0 Å². The highest BCUT2D eigenvalue weighted by Gasteiger charge is 2.00. The lowest BCUT2D eigenvalue weighted by Crippen LogP contribution is -1.88. The molecule has 0 heteroatoms. The van der Waals surface area contributed by atoms with E-state index in [1.807, 2.05) is 0 Å². The van der Waals surface area contributed by atoms with Gasteiger partial charge in [-0.3, -0.25) is 0 Å². The minimum Gasteiger partial charge on any atom is -0.0810 e. The highest BCUT2D eigenvalue weighted by molar-refractivity contribution is 5.65. The summed E-state index contributed by atoms with van der Waals surface area (Å²) in [4.78, 5) is 0. The summed E-state index contributed by atoms with van der Waals surface area (Å²) < 4.78 is 0. The first kappa shape index (κ1) is 14.0. The van der Waals surface area contributed by atoms with Crippen LogP contribution in [0, 0.1) is 0 Å². The summed E-state index contributed by atoms with van der Waals surface area (Å²) >= 11 is 0. The lowest BCUT2D eigenvalue weighted by molar-refractivity contribution is 0.795. The molecule has 0 atom stereocenters. The first-order chi connectivity index (χ1) is 8.31. The summed E-state index contributed by atoms with van der Waals surface area (Å²) in [6.45, 7) is 6.71. The zero-order valence-corrected chi connectivity index (χ0v) is 11.6. The minimum atomic E-state index is 1.13. The van der Waals surface area contributed by atoms with E-state index in [1.165, 1.54) is 48.8 Å². The molecule has 0 saturated carbocycles. The second kappa shape index (κ2) is 8.11. The molecule has 17 heavy (non-hydrogen) atoms. The van der Waals surface area contributed by atoms with Crippen molar-refractivity contribution in [2.45, 2.75) is 59.3 Å². The summed E-state index contributed by atoms with van der Waals surface area (Å²) in [6.07, 6.45) is 9.71. The van der Waals surface area contributed by atoms with Crippen LogP contribution in [0.5, 0.6) is 0 Å². The summed E-state index contributed by atoms with van der Waals surface area (Å²) in [5.41, 5.74) is 4.40. The van der Waals surface area contributed by atoms with Crippen LogP contribution in [-0.2, 0) is 6.42 Å². The average Bonchev–Trinajstić information content (AvgIpc) is 2.37. The van der Waals surface area contributed by atoms with Gasteiger partial charge in [-0.2, -0.15) is 0 Å². The third kappa shape index (κ3) is 4.77. The fraction of sp³-hybridized carbons (Fsp3) is 0.529. The molecule has 0 radical (unpaired) electrons. The van der Waals surface area contributed by atoms with Gasteiger partial charge in [0.2, 0.25) is 0 Å². The van der Waals surface area contributed by atoms with Crippen molar-refractivity contribution in [2.75, 3.05) is 0 Å². The SMILES string of the molecule is CCC=C(CCC)c1ccc(CCCC)cc1. The van der Waals surface area contributed by atoms with Crippen molar-refractivity contribution in [3.8, 4) is 0 Å². The van der Waals surface area contributed by atoms with Crippen LogP contribution in [0.2, 0.25) is 0 Å². The zero-order valence-electron chi connectivity index (χ0n) is 11.6. The van der Waals surface area contributed by atoms with Crippen molar-refractivity contribution in [3.05, 3.63) is 41.5 Å². The molecule has 1 rings (SSSR count). The monoisotopic (exact) mass is 230 g/mol. The molecule has 0 heterocycles. The quantitative estimate of drug-likeness (QED) is 0.570. The molecule has 1 aromatic carbocycles. The predicted octanol–water partition coefficient (Wildman–Crippen LogP) is 5.62. The van der Waals surface area contributed by atoms with Gasteiger partial charge in [0.15, 0.2) is 0 Å². The number of hydrogen-bond acceptors (Lipinski definition) is 0. The summed E-state index contributed by atoms with van der Waals surface area (Å²) in [6, 6.07) is 9.18. The van der Waals surface area contributed by atoms with Crippen LogP contribution in [-0.4, -0.2) is 0 Å². The lowest BCUT2D eigenvalue weighted by atomic mass is 9.98. The maximum Gasteiger partial charge on any atom is -0.0228 e. The molecule has 0 nitrogen and oxygen atoms in total. The highest BCUT2D eigenvalue weighted by Crippen LogP contribution is 2.21. The van der Waals surface area contributed by atoms with Gasteiger partial charge in [0.25, 0.3) is 0 Å². The van der Waals surface area contributed by atoms with Crippen molar-refractivity contribution < 1.29 is 0 Å². The Bertz CT molecular complexity index is 330. The number of hydrogen-bond donors (Lipinski definition) is 0. The van der Waals surface area contributed by atoms with E-state index in [2.05, 4.69) is 51.1 Å². The topological polar surface area (TPSA) is 0 Å². The standard InChI is InChI=1S/C17H26/c1-4-7-10-15-11-13-17(14-12-15)16(8-5-2)9-6-3/h8,11-14H,4-7,9-10H2,1-3H3. The Morgan fingerprint density at radius 1 is 1.00 bits per heavy atom. The van der Waals surface area contributed by atoms with Crippen LogP contribution in [0.1, 0.15) is 64.0 Å². The molecule has 0 bridgehead atoms. The molecule has 0 aliphatic rings. The number of rotatable bonds is 7. The minimum absolute atomic E-state index is 1.13. The van der Waals surface area contributed by atoms with Crippen molar-refractivity contribution in [3.63, 3.8) is 0 Å². The van der Waals surface area contributed by atoms with E-state index in [9.17, 15) is 0 Å². The maximum atomic E-state index is 2.37. The second-order valence-corrected chi connectivity index (χ2v) is 4.69. The fourth-order valence-electron chi connectivity index (χ4n) is 2.15. The lowest BCUT2D eigenvalue weighted by Gasteiger charge is -2.08. The molecule has 0 spiro atoms. The first-order valence-corrected chi connectivity index (χ1v) is 7.10. The van der Waals surface area contributed by atoms with E-state index in [1.54, 1.807) is 0 Å². The van der Waals surface area contributed by atoms with E-state index in [0.29, 0.717) is 0 Å². The Labute approximate surface area is 107 Å². The van der Waals surface area contributed by atoms with Gasteiger partial charge < -0.3 is 0 Å². The van der Waals surface area contributed by atoms with E-state index in [-0.39, 0.29) is 0 Å². The largest absolute Gasteiger partial charge is 0.0810 e. The molecule has 0 amide bonds. The molecule has 0 fully saturated rings. The molecule has 0 unspecified atom stereocenters. The summed E-state index contributed by atoms with van der Waals surface area (Å²) in [7, 11) is 0. The van der Waals surface area contributed by atoms with E-state index in [0.717, 1.165) is 6.42 Å². The van der Waals surface area contributed by atoms with Gasteiger partial charge in [-0.15, -0.1) is 0 Å². The predicted molar refractivity (Wildman–Crippen MR) is 78.2 cm³/mol. The van der Waals surface area contributed by atoms with Gasteiger partial charge in [-0.25, -0.2) is 0 Å². The highest BCUT2D eigenvalue weighted by atomic mass is 14.1. The molecule has 0 aliphatic carbocycles. The Morgan fingerprint density at radius 2 is 1.71 bits per heavy atom. The molecular formula is C17H26. The average molecular weight is 230 g/mol. The number of benzene rings is 1. The fourth-order valence-corrected chi connectivity index (χ4v) is 2.15. The molecule has 0 aromatic heterocycles. The van der Waals surface area contributed by atoms with Crippen LogP contribution in [0.25, 0.3) is 5.57 Å². The Kier molecular flexibility index (Phi) is 6.69. The third-order valence-electron chi connectivity index (χ3n) is 3.11. The van der Waals surface area contributed by atoms with Crippen molar-refractivity contribution in [2.24, 2.45) is 0 Å². The normalized spacial score (nSPS) is 11.8. The van der Waals surface area contributed by atoms with Crippen LogP contribution in [0.4, 0.5) is 0 Å². The van der Waals surface area contributed by atoms with E-state index in [4.69, 9.17) is 0 Å². The molecule has 0 aliphatic heterocycles. The zero-order chi connectivity index (χ0) is 12.5. The van der Waals surface area contributed by atoms with Gasteiger partial charge in [0.1, 0.15) is 0 Å². The molecule has 1 aromatic rings. The van der Waals surface area contributed by atoms with Gasteiger partial charge in [0.05, 0.1) is 0 Å². The van der Waals surface area contributed by atoms with Crippen molar-refractivity contribution >= 4 is 5.57 Å². The van der Waals surface area contributed by atoms with E-state index < -0.39 is 0 Å². The Hall–Kier alpha value is -1.04. The maximum absolute atomic E-state index is 2.37. The van der Waals surface area contributed by atoms with Crippen LogP contribution in [0.3, 0.4) is 0 Å². The number of unbranched alkanes of at least 4 members (excludes halogenated alkanes) is 1. The third-order valence-corrected chi connectivity index (χ3v) is 3.11. The van der Waals surface area contributed by atoms with E-state index >= 15 is 0 Å². The van der Waals surface area contributed by atoms with Gasteiger partial charge in [0, 0.05) is 0 Å². The Morgan fingerprint density at radius 3 is 2.24 bits per heavy atom. The molecule has 94 valence electrons. The van der Waals surface area contributed by atoms with Gasteiger partial charge in [-0.05, 0) is 42.4 Å². The van der Waals surface area contributed by atoms with Gasteiger partial charge in [-0.1, -0.05) is 64.0 Å². The molecule has 0 saturated heterocycles. The second-order valence-electron chi connectivity index (χ2n) is 4.69. The number of aryl methyl sites for hydroxylation is 1. The summed E-state index contributed by atoms with van der Waals surface area (Å²) in [5, 5.41) is 0. The van der Waals surface area contributed by atoms with Crippen LogP contribution >= 0.6 is 0 Å².